The second-order valence-electron chi connectivity index (χ2n) is 2.85. The van der Waals surface area contributed by atoms with E-state index in [9.17, 15) is 8.78 Å². The van der Waals surface area contributed by atoms with E-state index in [2.05, 4.69) is 0 Å². The van der Waals surface area contributed by atoms with Crippen LogP contribution in [0.5, 0.6) is 5.75 Å². The number of halogens is 2. The maximum absolute atomic E-state index is 12.9. The van der Waals surface area contributed by atoms with E-state index in [1.807, 2.05) is 0 Å². The summed E-state index contributed by atoms with van der Waals surface area (Å²) in [4.78, 5) is 0. The van der Waals surface area contributed by atoms with Crippen LogP contribution in [0.1, 0.15) is 12.5 Å². The molecule has 2 nitrogen and oxygen atoms in total. The van der Waals surface area contributed by atoms with Crippen molar-refractivity contribution in [3.63, 3.8) is 0 Å². The van der Waals surface area contributed by atoms with Crippen LogP contribution >= 0.6 is 0 Å². The summed E-state index contributed by atoms with van der Waals surface area (Å²) in [6.07, 6.45) is 0. The van der Waals surface area contributed by atoms with Crippen molar-refractivity contribution in [3.05, 3.63) is 23.8 Å². The lowest BCUT2D eigenvalue weighted by molar-refractivity contribution is 0.0151. The number of ether oxygens (including phenoxy) is 1. The molecule has 0 atom stereocenters. The number of benzene rings is 1. The summed E-state index contributed by atoms with van der Waals surface area (Å²) in [5.41, 5.74) is 5.51. The molecule has 0 bridgehead atoms. The normalized spacial score (nSPS) is 11.4. The maximum Gasteiger partial charge on any atom is 0.274 e. The molecule has 0 aliphatic carbocycles. The van der Waals surface area contributed by atoms with Crippen molar-refractivity contribution >= 4 is 5.69 Å². The van der Waals surface area contributed by atoms with Gasteiger partial charge in [-0.05, 0) is 18.2 Å². The van der Waals surface area contributed by atoms with Crippen LogP contribution in [-0.2, 0) is 5.92 Å². The van der Waals surface area contributed by atoms with Crippen LogP contribution in [0.2, 0.25) is 0 Å². The molecule has 0 fully saturated rings. The zero-order valence-corrected chi connectivity index (χ0v) is 7.47. The van der Waals surface area contributed by atoms with Crippen molar-refractivity contribution in [1.29, 1.82) is 0 Å². The van der Waals surface area contributed by atoms with Crippen LogP contribution < -0.4 is 10.5 Å². The molecule has 0 aliphatic heterocycles. The summed E-state index contributed by atoms with van der Waals surface area (Å²) in [7, 11) is 1.35. The Bertz CT molecular complexity index is 307. The van der Waals surface area contributed by atoms with Crippen LogP contribution in [0, 0.1) is 0 Å². The summed E-state index contributed by atoms with van der Waals surface area (Å²) in [5.74, 6) is -2.78. The molecule has 0 aliphatic rings. The second kappa shape index (κ2) is 3.20. The van der Waals surface area contributed by atoms with Gasteiger partial charge < -0.3 is 10.5 Å². The van der Waals surface area contributed by atoms with Gasteiger partial charge in [-0.3, -0.25) is 0 Å². The number of anilines is 1. The topological polar surface area (TPSA) is 35.2 Å². The van der Waals surface area contributed by atoms with Crippen LogP contribution in [0.4, 0.5) is 14.5 Å². The van der Waals surface area contributed by atoms with E-state index in [4.69, 9.17) is 10.5 Å². The molecule has 0 unspecified atom stereocenters. The van der Waals surface area contributed by atoms with Gasteiger partial charge in [0.25, 0.3) is 5.92 Å². The molecule has 0 spiro atoms. The van der Waals surface area contributed by atoms with Crippen molar-refractivity contribution in [3.8, 4) is 5.75 Å². The van der Waals surface area contributed by atoms with Gasteiger partial charge >= 0.3 is 0 Å². The van der Waals surface area contributed by atoms with Crippen molar-refractivity contribution in [2.75, 3.05) is 12.8 Å². The summed E-state index contributed by atoms with van der Waals surface area (Å²) in [6.45, 7) is 0.810. The van der Waals surface area contributed by atoms with Crippen LogP contribution in [0.25, 0.3) is 0 Å². The molecule has 0 amide bonds. The Hall–Kier alpha value is -1.32. The number of alkyl halides is 2. The molecule has 4 heteroatoms. The monoisotopic (exact) mass is 187 g/mol. The van der Waals surface area contributed by atoms with Crippen molar-refractivity contribution in [2.24, 2.45) is 0 Å². The molecule has 72 valence electrons. The van der Waals surface area contributed by atoms with Gasteiger partial charge in [-0.15, -0.1) is 0 Å². The first-order valence-electron chi connectivity index (χ1n) is 3.77. The molecule has 0 saturated heterocycles. The predicted molar refractivity (Wildman–Crippen MR) is 47.0 cm³/mol. The van der Waals surface area contributed by atoms with E-state index in [1.165, 1.54) is 25.3 Å². The minimum atomic E-state index is -2.93. The summed E-state index contributed by atoms with van der Waals surface area (Å²) >= 11 is 0. The molecule has 0 radical (unpaired) electrons. The highest BCUT2D eigenvalue weighted by Gasteiger charge is 2.28. The number of nitrogen functional groups attached to an aromatic ring is 1. The van der Waals surface area contributed by atoms with E-state index < -0.39 is 5.92 Å². The van der Waals surface area contributed by atoms with Crippen LogP contribution in [0.3, 0.4) is 0 Å². The Morgan fingerprint density at radius 1 is 1.38 bits per heavy atom. The first-order valence-corrected chi connectivity index (χ1v) is 3.77. The molecule has 1 aromatic rings. The number of rotatable bonds is 2. The van der Waals surface area contributed by atoms with Gasteiger partial charge in [0.2, 0.25) is 0 Å². The zero-order chi connectivity index (χ0) is 10.1. The SMILES string of the molecule is COc1ccc(N)cc1C(C)(F)F. The number of nitrogens with two attached hydrogens (primary N) is 1. The van der Waals surface area contributed by atoms with Gasteiger partial charge in [0.1, 0.15) is 5.75 Å². The highest BCUT2D eigenvalue weighted by molar-refractivity contribution is 5.49. The maximum atomic E-state index is 12.9. The smallest absolute Gasteiger partial charge is 0.274 e. The van der Waals surface area contributed by atoms with Crippen LogP contribution in [-0.4, -0.2) is 7.11 Å². The molecule has 1 aromatic carbocycles. The third kappa shape index (κ3) is 2.08. The van der Waals surface area contributed by atoms with Gasteiger partial charge in [0.15, 0.2) is 0 Å². The van der Waals surface area contributed by atoms with Gasteiger partial charge in [-0.1, -0.05) is 0 Å². The molecule has 2 N–H and O–H groups in total. The van der Waals surface area contributed by atoms with E-state index >= 15 is 0 Å². The highest BCUT2D eigenvalue weighted by atomic mass is 19.3. The molecule has 0 saturated carbocycles. The number of methoxy groups -OCH3 is 1. The predicted octanol–water partition coefficient (Wildman–Crippen LogP) is 2.39. The molecule has 1 rings (SSSR count). The van der Waals surface area contributed by atoms with Crippen molar-refractivity contribution in [2.45, 2.75) is 12.8 Å². The Balaban J connectivity index is 3.24. The fraction of sp³-hybridized carbons (Fsp3) is 0.333. The third-order valence-corrected chi connectivity index (χ3v) is 1.70. The minimum Gasteiger partial charge on any atom is -0.496 e. The standard InChI is InChI=1S/C9H11F2NO/c1-9(10,11)7-5-6(12)3-4-8(7)13-2/h3-5H,12H2,1-2H3. The Morgan fingerprint density at radius 2 is 2.00 bits per heavy atom. The summed E-state index contributed by atoms with van der Waals surface area (Å²) < 4.78 is 30.7. The molecule has 0 heterocycles. The van der Waals surface area contributed by atoms with Crippen molar-refractivity contribution in [1.82, 2.24) is 0 Å². The minimum absolute atomic E-state index is 0.154. The van der Waals surface area contributed by atoms with Crippen LogP contribution in [0.15, 0.2) is 18.2 Å². The fourth-order valence-electron chi connectivity index (χ4n) is 1.07. The fourth-order valence-corrected chi connectivity index (χ4v) is 1.07. The average Bonchev–Trinajstić information content (AvgIpc) is 2.03. The van der Waals surface area contributed by atoms with E-state index in [1.54, 1.807) is 0 Å². The lowest BCUT2D eigenvalue weighted by atomic mass is 10.1. The molecular formula is C9H11F2NO. The largest absolute Gasteiger partial charge is 0.496 e. The Kier molecular flexibility index (Phi) is 2.40. The molecule has 0 aromatic heterocycles. The van der Waals surface area contributed by atoms with Crippen molar-refractivity contribution < 1.29 is 13.5 Å². The first-order chi connectivity index (χ1) is 5.95. The average molecular weight is 187 g/mol. The first kappa shape index (κ1) is 9.77. The lowest BCUT2D eigenvalue weighted by Gasteiger charge is -2.15. The highest BCUT2D eigenvalue weighted by Crippen LogP contribution is 2.35. The van der Waals surface area contributed by atoms with E-state index in [-0.39, 0.29) is 11.3 Å². The molecular weight excluding hydrogens is 176 g/mol. The lowest BCUT2D eigenvalue weighted by Crippen LogP contribution is -2.09. The Labute approximate surface area is 75.3 Å². The zero-order valence-electron chi connectivity index (χ0n) is 7.47. The van der Waals surface area contributed by atoms with Gasteiger partial charge in [0.05, 0.1) is 12.7 Å². The van der Waals surface area contributed by atoms with Gasteiger partial charge in [0, 0.05) is 12.6 Å². The Morgan fingerprint density at radius 3 is 2.46 bits per heavy atom. The quantitative estimate of drug-likeness (QED) is 0.721. The number of hydrogen-bond acceptors (Lipinski definition) is 2. The van der Waals surface area contributed by atoms with E-state index in [0.717, 1.165) is 6.92 Å². The van der Waals surface area contributed by atoms with Gasteiger partial charge in [-0.2, -0.15) is 0 Å². The second-order valence-corrected chi connectivity index (χ2v) is 2.85. The summed E-state index contributed by atoms with van der Waals surface area (Å²) in [5, 5.41) is 0. The summed E-state index contributed by atoms with van der Waals surface area (Å²) in [6, 6.07) is 4.18. The van der Waals surface area contributed by atoms with Gasteiger partial charge in [-0.25, -0.2) is 8.78 Å². The third-order valence-electron chi connectivity index (χ3n) is 1.70. The molecule has 13 heavy (non-hydrogen) atoms. The number of hydrogen-bond donors (Lipinski definition) is 1. The van der Waals surface area contributed by atoms with E-state index in [0.29, 0.717) is 5.69 Å².